The van der Waals surface area contributed by atoms with Crippen molar-refractivity contribution < 1.29 is 15.0 Å². The number of phenols is 1. The maximum Gasteiger partial charge on any atom is 0.407 e. The fourth-order valence-corrected chi connectivity index (χ4v) is 3.57. The number of hydrogen-bond acceptors (Lipinski definition) is 7. The van der Waals surface area contributed by atoms with Crippen LogP contribution in [0.25, 0.3) is 22.0 Å². The minimum absolute atomic E-state index is 0.0541. The maximum absolute atomic E-state index is 11.3. The molecule has 29 heavy (non-hydrogen) atoms. The highest BCUT2D eigenvalue weighted by Gasteiger charge is 2.24. The van der Waals surface area contributed by atoms with E-state index in [0.29, 0.717) is 41.1 Å². The van der Waals surface area contributed by atoms with E-state index in [0.717, 1.165) is 18.2 Å². The summed E-state index contributed by atoms with van der Waals surface area (Å²) >= 11 is 0. The standard InChI is InChI=1S/C20H18N6O3/c21-9-12-3-4-15(17(27)8-12)18-14-5-6-22-10-16(14)19(25-24-18)23-13-2-1-7-26(11-13)20(28)29/h3-6,8,10,13,27H,1-2,7,11H2,(H,23,25)(H,28,29)/t13-/m1/s1. The van der Waals surface area contributed by atoms with Crippen LogP contribution in [0.4, 0.5) is 10.6 Å². The number of rotatable bonds is 3. The van der Waals surface area contributed by atoms with Gasteiger partial charge in [0.25, 0.3) is 0 Å². The smallest absolute Gasteiger partial charge is 0.407 e. The van der Waals surface area contributed by atoms with Gasteiger partial charge in [-0.1, -0.05) is 0 Å². The Bertz CT molecular complexity index is 1130. The number of nitrogens with zero attached hydrogens (tertiary/aromatic N) is 5. The van der Waals surface area contributed by atoms with E-state index >= 15 is 0 Å². The molecule has 0 saturated carbocycles. The van der Waals surface area contributed by atoms with Crippen LogP contribution in [0.3, 0.4) is 0 Å². The maximum atomic E-state index is 11.3. The number of likely N-dealkylation sites (tertiary alicyclic amines) is 1. The van der Waals surface area contributed by atoms with Crippen LogP contribution in [-0.4, -0.2) is 55.5 Å². The lowest BCUT2D eigenvalue weighted by atomic mass is 10.0. The van der Waals surface area contributed by atoms with Gasteiger partial charge in [0, 0.05) is 47.9 Å². The molecule has 2 aromatic heterocycles. The van der Waals surface area contributed by atoms with Crippen LogP contribution in [0.15, 0.2) is 36.7 Å². The van der Waals surface area contributed by atoms with E-state index in [-0.39, 0.29) is 11.8 Å². The van der Waals surface area contributed by atoms with Crippen LogP contribution in [0.5, 0.6) is 5.75 Å². The summed E-state index contributed by atoms with van der Waals surface area (Å²) in [5.74, 6) is 0.462. The topological polar surface area (TPSA) is 135 Å². The Kier molecular flexibility index (Phi) is 4.83. The number of aromatic hydroxyl groups is 1. The number of anilines is 1. The normalized spacial score (nSPS) is 16.4. The van der Waals surface area contributed by atoms with Crippen molar-refractivity contribution in [1.29, 1.82) is 5.26 Å². The zero-order chi connectivity index (χ0) is 20.4. The van der Waals surface area contributed by atoms with E-state index in [1.807, 2.05) is 6.07 Å². The quantitative estimate of drug-likeness (QED) is 0.621. The lowest BCUT2D eigenvalue weighted by Crippen LogP contribution is -2.44. The molecule has 1 atom stereocenters. The number of piperidine rings is 1. The molecule has 9 heteroatoms. The second-order valence-corrected chi connectivity index (χ2v) is 6.87. The summed E-state index contributed by atoms with van der Waals surface area (Å²) in [7, 11) is 0. The molecule has 1 aliphatic heterocycles. The molecular weight excluding hydrogens is 372 g/mol. The Morgan fingerprint density at radius 3 is 2.90 bits per heavy atom. The monoisotopic (exact) mass is 390 g/mol. The number of benzene rings is 1. The first-order chi connectivity index (χ1) is 14.1. The van der Waals surface area contributed by atoms with Crippen molar-refractivity contribution in [3.63, 3.8) is 0 Å². The summed E-state index contributed by atoms with van der Waals surface area (Å²) in [5, 5.41) is 41.9. The summed E-state index contributed by atoms with van der Waals surface area (Å²) in [6, 6.07) is 8.33. The van der Waals surface area contributed by atoms with Gasteiger partial charge in [-0.3, -0.25) is 4.98 Å². The number of pyridine rings is 1. The number of nitrogens with one attached hydrogen (secondary N) is 1. The molecule has 0 spiro atoms. The van der Waals surface area contributed by atoms with Gasteiger partial charge in [-0.25, -0.2) is 4.79 Å². The van der Waals surface area contributed by atoms with E-state index in [9.17, 15) is 15.0 Å². The molecule has 1 aromatic carbocycles. The van der Waals surface area contributed by atoms with Crippen molar-refractivity contribution >= 4 is 22.7 Å². The van der Waals surface area contributed by atoms with Gasteiger partial charge in [0.2, 0.25) is 0 Å². The van der Waals surface area contributed by atoms with E-state index in [1.54, 1.807) is 30.6 Å². The molecule has 0 bridgehead atoms. The molecule has 4 rings (SSSR count). The zero-order valence-corrected chi connectivity index (χ0v) is 15.4. The predicted octanol–water partition coefficient (Wildman–Crippen LogP) is 2.82. The van der Waals surface area contributed by atoms with Crippen molar-refractivity contribution in [1.82, 2.24) is 20.1 Å². The minimum Gasteiger partial charge on any atom is -0.507 e. The highest BCUT2D eigenvalue weighted by atomic mass is 16.4. The first-order valence-electron chi connectivity index (χ1n) is 9.15. The molecule has 1 fully saturated rings. The lowest BCUT2D eigenvalue weighted by molar-refractivity contribution is 0.133. The van der Waals surface area contributed by atoms with E-state index < -0.39 is 6.09 Å². The van der Waals surface area contributed by atoms with Gasteiger partial charge in [-0.15, -0.1) is 10.2 Å². The van der Waals surface area contributed by atoms with Crippen LogP contribution >= 0.6 is 0 Å². The molecule has 1 amide bonds. The summed E-state index contributed by atoms with van der Waals surface area (Å²) < 4.78 is 0. The molecule has 3 N–H and O–H groups in total. The van der Waals surface area contributed by atoms with Gasteiger partial charge in [0.15, 0.2) is 5.82 Å². The molecule has 0 unspecified atom stereocenters. The first kappa shape index (κ1) is 18.4. The molecule has 0 aliphatic carbocycles. The van der Waals surface area contributed by atoms with E-state index in [1.165, 1.54) is 11.0 Å². The zero-order valence-electron chi connectivity index (χ0n) is 15.4. The summed E-state index contributed by atoms with van der Waals surface area (Å²) in [6.07, 6.45) is 3.95. The number of fused-ring (bicyclic) bond motifs is 1. The molecule has 0 radical (unpaired) electrons. The summed E-state index contributed by atoms with van der Waals surface area (Å²) in [5.41, 5.74) is 1.29. The summed E-state index contributed by atoms with van der Waals surface area (Å²) in [6.45, 7) is 0.898. The fraction of sp³-hybridized carbons (Fsp3) is 0.250. The second kappa shape index (κ2) is 7.59. The van der Waals surface area contributed by atoms with Crippen LogP contribution in [0.2, 0.25) is 0 Å². The Balaban J connectivity index is 1.71. The first-order valence-corrected chi connectivity index (χ1v) is 9.15. The Morgan fingerprint density at radius 1 is 1.28 bits per heavy atom. The SMILES string of the molecule is N#Cc1ccc(-c2nnc(N[C@@H]3CCCN(C(=O)O)C3)c3cnccc23)c(O)c1. The van der Waals surface area contributed by atoms with Gasteiger partial charge < -0.3 is 20.4 Å². The molecule has 1 aliphatic rings. The number of amides is 1. The Morgan fingerprint density at radius 2 is 2.14 bits per heavy atom. The van der Waals surface area contributed by atoms with Gasteiger partial charge in [0.1, 0.15) is 11.4 Å². The highest BCUT2D eigenvalue weighted by Crippen LogP contribution is 2.35. The van der Waals surface area contributed by atoms with Crippen LogP contribution < -0.4 is 5.32 Å². The molecular formula is C20H18N6O3. The van der Waals surface area contributed by atoms with Crippen molar-refractivity contribution in [2.45, 2.75) is 18.9 Å². The number of carbonyl (C=O) groups is 1. The number of nitriles is 1. The van der Waals surface area contributed by atoms with Crippen molar-refractivity contribution in [2.75, 3.05) is 18.4 Å². The summed E-state index contributed by atoms with van der Waals surface area (Å²) in [4.78, 5) is 16.8. The number of carboxylic acid groups (broad SMARTS) is 1. The van der Waals surface area contributed by atoms with Gasteiger partial charge in [0.05, 0.1) is 11.6 Å². The van der Waals surface area contributed by atoms with Crippen molar-refractivity contribution in [2.24, 2.45) is 0 Å². The minimum atomic E-state index is -0.930. The van der Waals surface area contributed by atoms with Crippen molar-refractivity contribution in [3.8, 4) is 23.1 Å². The third-order valence-corrected chi connectivity index (χ3v) is 5.00. The Labute approximate surface area is 166 Å². The van der Waals surface area contributed by atoms with Gasteiger partial charge >= 0.3 is 6.09 Å². The molecule has 146 valence electrons. The molecule has 3 heterocycles. The lowest BCUT2D eigenvalue weighted by Gasteiger charge is -2.31. The molecule has 9 nitrogen and oxygen atoms in total. The average molecular weight is 390 g/mol. The largest absolute Gasteiger partial charge is 0.507 e. The van der Waals surface area contributed by atoms with Gasteiger partial charge in [-0.2, -0.15) is 5.26 Å². The van der Waals surface area contributed by atoms with Crippen molar-refractivity contribution in [3.05, 3.63) is 42.2 Å². The Hall–Kier alpha value is -3.93. The van der Waals surface area contributed by atoms with E-state index in [2.05, 4.69) is 20.5 Å². The van der Waals surface area contributed by atoms with Crippen LogP contribution in [-0.2, 0) is 0 Å². The third-order valence-electron chi connectivity index (χ3n) is 5.00. The average Bonchev–Trinajstić information content (AvgIpc) is 2.74. The molecule has 1 saturated heterocycles. The number of phenolic OH excluding ortho intramolecular Hbond substituents is 1. The van der Waals surface area contributed by atoms with Crippen LogP contribution in [0, 0.1) is 11.3 Å². The predicted molar refractivity (Wildman–Crippen MR) is 105 cm³/mol. The highest BCUT2D eigenvalue weighted by molar-refractivity contribution is 6.00. The second-order valence-electron chi connectivity index (χ2n) is 6.87. The van der Waals surface area contributed by atoms with Crippen LogP contribution in [0.1, 0.15) is 18.4 Å². The van der Waals surface area contributed by atoms with Gasteiger partial charge in [-0.05, 0) is 37.1 Å². The van der Waals surface area contributed by atoms with E-state index in [4.69, 9.17) is 5.26 Å². The molecule has 3 aromatic rings. The third kappa shape index (κ3) is 3.60. The number of aromatic nitrogens is 3. The fourth-order valence-electron chi connectivity index (χ4n) is 3.57. The number of hydrogen-bond donors (Lipinski definition) is 3.